The van der Waals surface area contributed by atoms with E-state index in [2.05, 4.69) is 5.32 Å². The van der Waals surface area contributed by atoms with Gasteiger partial charge in [-0.3, -0.25) is 4.79 Å². The van der Waals surface area contributed by atoms with Crippen LogP contribution in [-0.4, -0.2) is 13.0 Å². The zero-order valence-electron chi connectivity index (χ0n) is 12.7. The van der Waals surface area contributed by atoms with E-state index in [0.29, 0.717) is 29.3 Å². The van der Waals surface area contributed by atoms with Crippen LogP contribution in [0.1, 0.15) is 23.5 Å². The van der Waals surface area contributed by atoms with Crippen LogP contribution in [0.5, 0.6) is 5.75 Å². The molecule has 3 nitrogen and oxygen atoms in total. The number of amides is 1. The number of benzene rings is 2. The van der Waals surface area contributed by atoms with Gasteiger partial charge in [-0.25, -0.2) is 4.39 Å². The van der Waals surface area contributed by atoms with Crippen LogP contribution in [0.25, 0.3) is 0 Å². The summed E-state index contributed by atoms with van der Waals surface area (Å²) in [6.07, 6.45) is 0.680. The third-order valence-electron chi connectivity index (χ3n) is 4.13. The van der Waals surface area contributed by atoms with Gasteiger partial charge < -0.3 is 10.1 Å². The monoisotopic (exact) mass is 333 g/mol. The van der Waals surface area contributed by atoms with Gasteiger partial charge in [-0.1, -0.05) is 29.8 Å². The minimum atomic E-state index is -0.246. The van der Waals surface area contributed by atoms with E-state index in [-0.39, 0.29) is 23.6 Å². The average Bonchev–Trinajstić information content (AvgIpc) is 3.33. The molecule has 0 radical (unpaired) electrons. The highest BCUT2D eigenvalue weighted by Crippen LogP contribution is 2.48. The highest BCUT2D eigenvalue weighted by molar-refractivity contribution is 6.30. The van der Waals surface area contributed by atoms with Crippen LogP contribution in [0, 0.1) is 11.7 Å². The fraction of sp³-hybridized carbons (Fsp3) is 0.278. The Morgan fingerprint density at radius 1 is 1.35 bits per heavy atom. The largest absolute Gasteiger partial charge is 0.496 e. The van der Waals surface area contributed by atoms with Crippen LogP contribution in [0.15, 0.2) is 42.5 Å². The molecule has 0 aromatic heterocycles. The first-order valence-corrected chi connectivity index (χ1v) is 7.82. The molecule has 23 heavy (non-hydrogen) atoms. The number of ether oxygens (including phenoxy) is 1. The maximum absolute atomic E-state index is 13.7. The number of halogens is 2. The number of methoxy groups -OCH3 is 1. The second-order valence-electron chi connectivity index (χ2n) is 5.64. The molecule has 1 N–H and O–H groups in total. The van der Waals surface area contributed by atoms with Gasteiger partial charge in [0.05, 0.1) is 7.11 Å². The number of hydrogen-bond donors (Lipinski definition) is 1. The molecule has 2 aromatic rings. The lowest BCUT2D eigenvalue weighted by Gasteiger charge is -2.10. The fourth-order valence-corrected chi connectivity index (χ4v) is 3.00. The second kappa shape index (κ2) is 6.59. The summed E-state index contributed by atoms with van der Waals surface area (Å²) in [7, 11) is 1.57. The maximum Gasteiger partial charge on any atom is 0.224 e. The van der Waals surface area contributed by atoms with Crippen molar-refractivity contribution in [3.63, 3.8) is 0 Å². The van der Waals surface area contributed by atoms with Crippen LogP contribution in [0.4, 0.5) is 4.39 Å². The summed E-state index contributed by atoms with van der Waals surface area (Å²) in [5, 5.41) is 3.47. The first-order chi connectivity index (χ1) is 11.1. The molecule has 0 saturated heterocycles. The van der Waals surface area contributed by atoms with Gasteiger partial charge in [0.2, 0.25) is 5.91 Å². The van der Waals surface area contributed by atoms with Crippen LogP contribution < -0.4 is 10.1 Å². The van der Waals surface area contributed by atoms with Crippen molar-refractivity contribution in [1.29, 1.82) is 0 Å². The van der Waals surface area contributed by atoms with Gasteiger partial charge in [0, 0.05) is 23.0 Å². The van der Waals surface area contributed by atoms with Crippen molar-refractivity contribution >= 4 is 17.5 Å². The molecule has 1 amide bonds. The number of hydrogen-bond acceptors (Lipinski definition) is 2. The van der Waals surface area contributed by atoms with Gasteiger partial charge >= 0.3 is 0 Å². The van der Waals surface area contributed by atoms with Crippen molar-refractivity contribution in [3.8, 4) is 5.75 Å². The van der Waals surface area contributed by atoms with Gasteiger partial charge in [0.1, 0.15) is 11.6 Å². The van der Waals surface area contributed by atoms with Crippen molar-refractivity contribution in [2.45, 2.75) is 18.9 Å². The average molecular weight is 334 g/mol. The summed E-state index contributed by atoms with van der Waals surface area (Å²) in [5.74, 6) is 0.162. The van der Waals surface area contributed by atoms with Crippen molar-refractivity contribution < 1.29 is 13.9 Å². The molecular weight excluding hydrogens is 317 g/mol. The standard InChI is InChI=1S/C18H17ClFNO2/c1-23-17-7-6-12(19)8-11(17)10-21-18(22)15-9-14(15)13-4-2-3-5-16(13)20/h2-8,14-15H,9-10H2,1H3,(H,21,22). The Balaban J connectivity index is 1.61. The molecular formula is C18H17ClFNO2. The first kappa shape index (κ1) is 15.8. The van der Waals surface area contributed by atoms with Gasteiger partial charge in [0.25, 0.3) is 0 Å². The van der Waals surface area contributed by atoms with E-state index >= 15 is 0 Å². The van der Waals surface area contributed by atoms with Gasteiger partial charge in [-0.05, 0) is 42.2 Å². The van der Waals surface area contributed by atoms with Crippen LogP contribution in [0.2, 0.25) is 5.02 Å². The van der Waals surface area contributed by atoms with Crippen molar-refractivity contribution in [2.75, 3.05) is 7.11 Å². The SMILES string of the molecule is COc1ccc(Cl)cc1CNC(=O)C1CC1c1ccccc1F. The summed E-state index contributed by atoms with van der Waals surface area (Å²) in [4.78, 5) is 12.3. The van der Waals surface area contributed by atoms with Crippen molar-refractivity contribution in [1.82, 2.24) is 5.32 Å². The van der Waals surface area contributed by atoms with Crippen molar-refractivity contribution in [2.24, 2.45) is 5.92 Å². The Kier molecular flexibility index (Phi) is 4.53. The summed E-state index contributed by atoms with van der Waals surface area (Å²) >= 11 is 5.97. The van der Waals surface area contributed by atoms with Crippen LogP contribution in [0.3, 0.4) is 0 Å². The summed E-state index contributed by atoms with van der Waals surface area (Å²) in [5.41, 5.74) is 1.43. The Morgan fingerprint density at radius 3 is 2.87 bits per heavy atom. The van der Waals surface area contributed by atoms with E-state index in [4.69, 9.17) is 16.3 Å². The molecule has 2 unspecified atom stereocenters. The molecule has 3 rings (SSSR count). The Labute approximate surface area is 139 Å². The molecule has 120 valence electrons. The number of rotatable bonds is 5. The smallest absolute Gasteiger partial charge is 0.224 e. The normalized spacial score (nSPS) is 19.3. The van der Waals surface area contributed by atoms with Crippen LogP contribution in [-0.2, 0) is 11.3 Å². The molecule has 5 heteroatoms. The van der Waals surface area contributed by atoms with E-state index in [1.807, 2.05) is 0 Å². The Hall–Kier alpha value is -2.07. The fourth-order valence-electron chi connectivity index (χ4n) is 2.80. The lowest BCUT2D eigenvalue weighted by molar-refractivity contribution is -0.122. The topological polar surface area (TPSA) is 38.3 Å². The Bertz CT molecular complexity index is 735. The Morgan fingerprint density at radius 2 is 2.13 bits per heavy atom. The maximum atomic E-state index is 13.7. The van der Waals surface area contributed by atoms with Crippen LogP contribution >= 0.6 is 11.6 Å². The number of carbonyl (C=O) groups is 1. The minimum Gasteiger partial charge on any atom is -0.496 e. The molecule has 1 aliphatic carbocycles. The molecule has 1 saturated carbocycles. The number of nitrogens with one attached hydrogen (secondary N) is 1. The zero-order valence-corrected chi connectivity index (χ0v) is 13.4. The van der Waals surface area contributed by atoms with E-state index in [1.165, 1.54) is 6.07 Å². The molecule has 0 aliphatic heterocycles. The summed E-state index contributed by atoms with van der Waals surface area (Å²) in [6, 6.07) is 11.9. The lowest BCUT2D eigenvalue weighted by atomic mass is 10.1. The van der Waals surface area contributed by atoms with Gasteiger partial charge in [-0.15, -0.1) is 0 Å². The first-order valence-electron chi connectivity index (χ1n) is 7.44. The highest BCUT2D eigenvalue weighted by atomic mass is 35.5. The summed E-state index contributed by atoms with van der Waals surface area (Å²) in [6.45, 7) is 0.336. The molecule has 0 bridgehead atoms. The molecule has 2 aromatic carbocycles. The third kappa shape index (κ3) is 3.48. The second-order valence-corrected chi connectivity index (χ2v) is 6.08. The van der Waals surface area contributed by atoms with E-state index in [1.54, 1.807) is 43.5 Å². The third-order valence-corrected chi connectivity index (χ3v) is 4.36. The minimum absolute atomic E-state index is 0.0301. The predicted octanol–water partition coefficient (Wildman–Crippen LogP) is 3.91. The molecule has 1 aliphatic rings. The number of carbonyl (C=O) groups excluding carboxylic acids is 1. The van der Waals surface area contributed by atoms with E-state index in [0.717, 1.165) is 5.56 Å². The predicted molar refractivity (Wildman–Crippen MR) is 87.1 cm³/mol. The molecule has 2 atom stereocenters. The van der Waals surface area contributed by atoms with Crippen molar-refractivity contribution in [3.05, 3.63) is 64.4 Å². The quantitative estimate of drug-likeness (QED) is 0.901. The van der Waals surface area contributed by atoms with Gasteiger partial charge in [0.15, 0.2) is 0 Å². The summed E-state index contributed by atoms with van der Waals surface area (Å²) < 4.78 is 19.0. The molecule has 1 fully saturated rings. The van der Waals surface area contributed by atoms with Gasteiger partial charge in [-0.2, -0.15) is 0 Å². The van der Waals surface area contributed by atoms with E-state index in [9.17, 15) is 9.18 Å². The molecule has 0 spiro atoms. The highest BCUT2D eigenvalue weighted by Gasteiger charge is 2.44. The van der Waals surface area contributed by atoms with E-state index < -0.39 is 0 Å². The lowest BCUT2D eigenvalue weighted by Crippen LogP contribution is -2.25. The zero-order chi connectivity index (χ0) is 16.4. The molecule has 0 heterocycles.